The summed E-state index contributed by atoms with van der Waals surface area (Å²) < 4.78 is 7.11. The fourth-order valence-corrected chi connectivity index (χ4v) is 5.59. The molecule has 0 unspecified atom stereocenters. The van der Waals surface area contributed by atoms with Crippen LogP contribution in [0.3, 0.4) is 0 Å². The minimum absolute atomic E-state index is 0.0394. The first-order valence-corrected chi connectivity index (χ1v) is 14.7. The number of anilines is 1. The van der Waals surface area contributed by atoms with Gasteiger partial charge in [-0.25, -0.2) is 0 Å². The van der Waals surface area contributed by atoms with Crippen molar-refractivity contribution in [3.63, 3.8) is 0 Å². The second kappa shape index (κ2) is 14.9. The Kier molecular flexibility index (Phi) is 11.7. The molecule has 6 nitrogen and oxygen atoms in total. The van der Waals surface area contributed by atoms with Gasteiger partial charge in [0.05, 0.1) is 38.3 Å². The highest BCUT2D eigenvalue weighted by Crippen LogP contribution is 2.25. The molecular formula is C32H48N3O3+. The Bertz CT molecular complexity index is 1010. The van der Waals surface area contributed by atoms with Crippen LogP contribution in [0.5, 0.6) is 5.75 Å². The molecule has 2 aromatic carbocycles. The maximum Gasteiger partial charge on any atom is 0.259 e. The average molecular weight is 523 g/mol. The Labute approximate surface area is 229 Å². The van der Waals surface area contributed by atoms with Crippen LogP contribution in [0.1, 0.15) is 92.9 Å². The minimum Gasteiger partial charge on any atom is -0.493 e. The highest BCUT2D eigenvalue weighted by atomic mass is 16.5. The fourth-order valence-electron chi connectivity index (χ4n) is 5.59. The van der Waals surface area contributed by atoms with Crippen molar-refractivity contribution in [2.75, 3.05) is 45.2 Å². The van der Waals surface area contributed by atoms with Crippen molar-refractivity contribution >= 4 is 17.5 Å². The molecule has 6 heteroatoms. The Balaban J connectivity index is 1.54. The molecule has 38 heavy (non-hydrogen) atoms. The summed E-state index contributed by atoms with van der Waals surface area (Å²) in [5, 5.41) is 2.96. The molecule has 1 fully saturated rings. The number of ether oxygens (including phenoxy) is 1. The zero-order valence-electron chi connectivity index (χ0n) is 24.0. The molecule has 1 heterocycles. The van der Waals surface area contributed by atoms with Crippen molar-refractivity contribution in [1.29, 1.82) is 0 Å². The molecule has 1 saturated heterocycles. The number of piperidine rings is 1. The van der Waals surface area contributed by atoms with Gasteiger partial charge in [0.1, 0.15) is 5.75 Å². The number of carbonyl (C=O) groups is 2. The van der Waals surface area contributed by atoms with Gasteiger partial charge in [-0.05, 0) is 56.2 Å². The SMILES string of the molecule is CCCCCCCOc1ccccc1C(=O)Nc1ccc(C(=O)N(C)C2CC[N+](CC)(CCC)CC2)cc1. The highest BCUT2D eigenvalue weighted by molar-refractivity contribution is 6.06. The van der Waals surface area contributed by atoms with Crippen molar-refractivity contribution in [2.45, 2.75) is 78.2 Å². The van der Waals surface area contributed by atoms with Crippen molar-refractivity contribution in [3.8, 4) is 5.75 Å². The number of benzene rings is 2. The van der Waals surface area contributed by atoms with Gasteiger partial charge in [-0.2, -0.15) is 0 Å². The van der Waals surface area contributed by atoms with Crippen molar-refractivity contribution < 1.29 is 18.8 Å². The second-order valence-electron chi connectivity index (χ2n) is 10.8. The summed E-state index contributed by atoms with van der Waals surface area (Å²) in [7, 11) is 1.93. The van der Waals surface area contributed by atoms with E-state index in [1.165, 1.54) is 43.3 Å². The summed E-state index contributed by atoms with van der Waals surface area (Å²) in [6.07, 6.45) is 9.10. The Morgan fingerprint density at radius 3 is 2.26 bits per heavy atom. The first-order chi connectivity index (χ1) is 18.4. The third-order valence-corrected chi connectivity index (χ3v) is 8.14. The first kappa shape index (κ1) is 29.7. The van der Waals surface area contributed by atoms with Crippen molar-refractivity contribution in [3.05, 3.63) is 59.7 Å². The lowest BCUT2D eigenvalue weighted by molar-refractivity contribution is -0.931. The zero-order valence-corrected chi connectivity index (χ0v) is 24.0. The summed E-state index contributed by atoms with van der Waals surface area (Å²) in [5.74, 6) is 0.429. The Hall–Kier alpha value is -2.86. The third-order valence-electron chi connectivity index (χ3n) is 8.14. The molecule has 2 aromatic rings. The molecule has 0 aromatic heterocycles. The van der Waals surface area contributed by atoms with Crippen LogP contribution in [0, 0.1) is 0 Å². The van der Waals surface area contributed by atoms with Gasteiger partial charge in [-0.15, -0.1) is 0 Å². The Morgan fingerprint density at radius 2 is 1.61 bits per heavy atom. The lowest BCUT2D eigenvalue weighted by Crippen LogP contribution is -2.57. The number of quaternary nitrogens is 1. The van der Waals surface area contributed by atoms with Gasteiger partial charge in [0, 0.05) is 37.2 Å². The van der Waals surface area contributed by atoms with Crippen LogP contribution in [0.25, 0.3) is 0 Å². The van der Waals surface area contributed by atoms with Gasteiger partial charge in [-0.3, -0.25) is 9.59 Å². The maximum absolute atomic E-state index is 13.2. The number of rotatable bonds is 14. The molecule has 0 bridgehead atoms. The summed E-state index contributed by atoms with van der Waals surface area (Å²) >= 11 is 0. The van der Waals surface area contributed by atoms with Crippen molar-refractivity contribution in [1.82, 2.24) is 4.90 Å². The number of amides is 2. The van der Waals surface area contributed by atoms with E-state index in [4.69, 9.17) is 4.74 Å². The highest BCUT2D eigenvalue weighted by Gasteiger charge is 2.34. The number of nitrogens with one attached hydrogen (secondary N) is 1. The van der Waals surface area contributed by atoms with Gasteiger partial charge in [-0.1, -0.05) is 51.7 Å². The topological polar surface area (TPSA) is 58.6 Å². The molecule has 0 atom stereocenters. The van der Waals surface area contributed by atoms with Gasteiger partial charge >= 0.3 is 0 Å². The van der Waals surface area contributed by atoms with Gasteiger partial charge in [0.15, 0.2) is 0 Å². The predicted octanol–water partition coefficient (Wildman–Crippen LogP) is 6.77. The molecule has 0 saturated carbocycles. The molecular weight excluding hydrogens is 474 g/mol. The van der Waals surface area contributed by atoms with E-state index >= 15 is 0 Å². The average Bonchev–Trinajstić information content (AvgIpc) is 2.95. The van der Waals surface area contributed by atoms with E-state index in [2.05, 4.69) is 26.1 Å². The quantitative estimate of drug-likeness (QED) is 0.220. The fraction of sp³-hybridized carbons (Fsp3) is 0.562. The predicted molar refractivity (Wildman–Crippen MR) is 156 cm³/mol. The number of hydrogen-bond acceptors (Lipinski definition) is 3. The first-order valence-electron chi connectivity index (χ1n) is 14.7. The normalized spacial score (nSPS) is 19.1. The van der Waals surface area contributed by atoms with E-state index < -0.39 is 0 Å². The van der Waals surface area contributed by atoms with Crippen LogP contribution >= 0.6 is 0 Å². The lowest BCUT2D eigenvalue weighted by Gasteiger charge is -2.45. The van der Waals surface area contributed by atoms with Crippen molar-refractivity contribution in [2.24, 2.45) is 0 Å². The van der Waals surface area contributed by atoms with Gasteiger partial charge in [0.25, 0.3) is 11.8 Å². The van der Waals surface area contributed by atoms with E-state index in [-0.39, 0.29) is 17.9 Å². The van der Waals surface area contributed by atoms with E-state index in [0.717, 1.165) is 38.8 Å². The van der Waals surface area contributed by atoms with Crippen LogP contribution in [0.2, 0.25) is 0 Å². The van der Waals surface area contributed by atoms with Crippen LogP contribution < -0.4 is 10.1 Å². The lowest BCUT2D eigenvalue weighted by atomic mass is 9.99. The number of para-hydroxylation sites is 1. The van der Waals surface area contributed by atoms with E-state index in [9.17, 15) is 9.59 Å². The van der Waals surface area contributed by atoms with Gasteiger partial charge < -0.3 is 19.4 Å². The molecule has 1 aliphatic heterocycles. The van der Waals surface area contributed by atoms with E-state index in [1.54, 1.807) is 30.3 Å². The minimum atomic E-state index is -0.213. The molecule has 0 spiro atoms. The Morgan fingerprint density at radius 1 is 0.921 bits per heavy atom. The summed E-state index contributed by atoms with van der Waals surface area (Å²) in [4.78, 5) is 28.1. The summed E-state index contributed by atoms with van der Waals surface area (Å²) in [5.41, 5.74) is 1.82. The number of hydrogen-bond donors (Lipinski definition) is 1. The number of nitrogens with zero attached hydrogens (tertiary/aromatic N) is 2. The largest absolute Gasteiger partial charge is 0.493 e. The maximum atomic E-state index is 13.2. The molecule has 0 aliphatic carbocycles. The van der Waals surface area contributed by atoms with Crippen LogP contribution in [-0.2, 0) is 0 Å². The molecule has 0 radical (unpaired) electrons. The molecule has 3 rings (SSSR count). The molecule has 1 aliphatic rings. The van der Waals surface area contributed by atoms with E-state index in [1.807, 2.05) is 30.1 Å². The van der Waals surface area contributed by atoms with Crippen LogP contribution in [0.4, 0.5) is 5.69 Å². The number of likely N-dealkylation sites (tertiary alicyclic amines) is 1. The number of unbranched alkanes of at least 4 members (excludes halogenated alkanes) is 4. The summed E-state index contributed by atoms with van der Waals surface area (Å²) in [6.45, 7) is 12.0. The molecule has 2 amide bonds. The van der Waals surface area contributed by atoms with Crippen LogP contribution in [-0.4, -0.2) is 67.1 Å². The monoisotopic (exact) mass is 522 g/mol. The smallest absolute Gasteiger partial charge is 0.259 e. The molecule has 208 valence electrons. The summed E-state index contributed by atoms with van der Waals surface area (Å²) in [6, 6.07) is 14.9. The van der Waals surface area contributed by atoms with Crippen LogP contribution in [0.15, 0.2) is 48.5 Å². The zero-order chi connectivity index (χ0) is 27.4. The third kappa shape index (κ3) is 8.07. The standard InChI is InChI=1S/C32H47N3O3/c1-5-8-9-10-13-25-38-30-15-12-11-14-29(30)31(36)33-27-18-16-26(17-19-27)32(37)34(4)28-20-23-35(7-3,22-6-2)24-21-28/h11-12,14-19,28H,5-10,13,20-25H2,1-4H3/p+1. The van der Waals surface area contributed by atoms with Gasteiger partial charge in [0.2, 0.25) is 0 Å². The van der Waals surface area contributed by atoms with E-state index in [0.29, 0.717) is 29.2 Å². The second-order valence-corrected chi connectivity index (χ2v) is 10.8. The molecule has 1 N–H and O–H groups in total. The number of carbonyl (C=O) groups excluding carboxylic acids is 2.